The maximum Gasteiger partial charge on any atom is 0.451 e. The molecular formula is C17H13F3N4O. The SMILES string of the molecule is CC(=O)Nc1ccc(Nc2nc(C(F)(F)F)nc3ccccc23)cc1. The third kappa shape index (κ3) is 3.85. The highest BCUT2D eigenvalue weighted by Gasteiger charge is 2.35. The van der Waals surface area contributed by atoms with Gasteiger partial charge in [-0.3, -0.25) is 4.79 Å². The van der Waals surface area contributed by atoms with Gasteiger partial charge in [-0.1, -0.05) is 12.1 Å². The van der Waals surface area contributed by atoms with E-state index in [-0.39, 0.29) is 17.2 Å². The van der Waals surface area contributed by atoms with Crippen LogP contribution in [0.4, 0.5) is 30.4 Å². The van der Waals surface area contributed by atoms with Gasteiger partial charge >= 0.3 is 6.18 Å². The van der Waals surface area contributed by atoms with Crippen molar-refractivity contribution in [2.75, 3.05) is 10.6 Å². The summed E-state index contributed by atoms with van der Waals surface area (Å²) in [4.78, 5) is 18.2. The molecule has 0 spiro atoms. The van der Waals surface area contributed by atoms with Gasteiger partial charge in [0.25, 0.3) is 0 Å². The molecule has 0 aliphatic carbocycles. The first-order valence-corrected chi connectivity index (χ1v) is 7.31. The van der Waals surface area contributed by atoms with Crippen LogP contribution >= 0.6 is 0 Å². The first-order valence-electron chi connectivity index (χ1n) is 7.31. The summed E-state index contributed by atoms with van der Waals surface area (Å²) in [5.41, 5.74) is 1.31. The molecule has 0 saturated carbocycles. The number of hydrogen-bond acceptors (Lipinski definition) is 4. The van der Waals surface area contributed by atoms with Gasteiger partial charge in [0.05, 0.1) is 5.52 Å². The lowest BCUT2D eigenvalue weighted by Gasteiger charge is -2.12. The molecule has 0 bridgehead atoms. The molecule has 0 aliphatic rings. The summed E-state index contributed by atoms with van der Waals surface area (Å²) in [6, 6.07) is 13.0. The van der Waals surface area contributed by atoms with Crippen molar-refractivity contribution in [2.24, 2.45) is 0 Å². The minimum atomic E-state index is -4.64. The minimum Gasteiger partial charge on any atom is -0.340 e. The van der Waals surface area contributed by atoms with Crippen molar-refractivity contribution in [2.45, 2.75) is 13.1 Å². The van der Waals surface area contributed by atoms with Gasteiger partial charge in [-0.05, 0) is 36.4 Å². The van der Waals surface area contributed by atoms with E-state index in [1.807, 2.05) is 0 Å². The molecule has 0 unspecified atom stereocenters. The highest BCUT2D eigenvalue weighted by atomic mass is 19.4. The van der Waals surface area contributed by atoms with Crippen molar-refractivity contribution >= 4 is 34.0 Å². The number of nitrogens with zero attached hydrogens (tertiary/aromatic N) is 2. The van der Waals surface area contributed by atoms with Gasteiger partial charge in [0.15, 0.2) is 0 Å². The van der Waals surface area contributed by atoms with Crippen LogP contribution in [0.15, 0.2) is 48.5 Å². The monoisotopic (exact) mass is 346 g/mol. The summed E-state index contributed by atoms with van der Waals surface area (Å²) in [5, 5.41) is 5.96. The van der Waals surface area contributed by atoms with Crippen LogP contribution in [0.5, 0.6) is 0 Å². The predicted octanol–water partition coefficient (Wildman–Crippen LogP) is 4.35. The molecule has 2 N–H and O–H groups in total. The maximum atomic E-state index is 13.0. The van der Waals surface area contributed by atoms with Crippen molar-refractivity contribution in [1.82, 2.24) is 9.97 Å². The smallest absolute Gasteiger partial charge is 0.340 e. The van der Waals surface area contributed by atoms with Crippen LogP contribution in [-0.2, 0) is 11.0 Å². The van der Waals surface area contributed by atoms with Crippen molar-refractivity contribution < 1.29 is 18.0 Å². The second-order valence-electron chi connectivity index (χ2n) is 5.29. The van der Waals surface area contributed by atoms with Crippen LogP contribution in [-0.4, -0.2) is 15.9 Å². The molecule has 0 aliphatic heterocycles. The Morgan fingerprint density at radius 2 is 1.60 bits per heavy atom. The van der Waals surface area contributed by atoms with Crippen LogP contribution in [0.3, 0.4) is 0 Å². The number of hydrogen-bond donors (Lipinski definition) is 2. The molecule has 1 heterocycles. The molecule has 8 heteroatoms. The molecule has 25 heavy (non-hydrogen) atoms. The van der Waals surface area contributed by atoms with Crippen LogP contribution in [0.1, 0.15) is 12.7 Å². The molecule has 5 nitrogen and oxygen atoms in total. The van der Waals surface area contributed by atoms with Crippen LogP contribution in [0.25, 0.3) is 10.9 Å². The summed E-state index contributed by atoms with van der Waals surface area (Å²) in [7, 11) is 0. The third-order valence-corrected chi connectivity index (χ3v) is 3.32. The number of nitrogens with one attached hydrogen (secondary N) is 2. The van der Waals surface area contributed by atoms with Gasteiger partial charge in [-0.2, -0.15) is 13.2 Å². The Kier molecular flexibility index (Phi) is 4.26. The van der Waals surface area contributed by atoms with Gasteiger partial charge in [0.1, 0.15) is 5.82 Å². The van der Waals surface area contributed by atoms with E-state index in [9.17, 15) is 18.0 Å². The molecule has 1 aromatic heterocycles. The molecule has 0 radical (unpaired) electrons. The number of carbonyl (C=O) groups excluding carboxylic acids is 1. The number of amides is 1. The molecule has 128 valence electrons. The van der Waals surface area contributed by atoms with Crippen molar-refractivity contribution in [3.8, 4) is 0 Å². The zero-order valence-corrected chi connectivity index (χ0v) is 13.1. The van der Waals surface area contributed by atoms with E-state index in [2.05, 4.69) is 20.6 Å². The molecule has 0 atom stereocenters. The average molecular weight is 346 g/mol. The number of alkyl halides is 3. The van der Waals surface area contributed by atoms with E-state index >= 15 is 0 Å². The second-order valence-corrected chi connectivity index (χ2v) is 5.29. The van der Waals surface area contributed by atoms with Crippen molar-refractivity contribution in [3.63, 3.8) is 0 Å². The summed E-state index contributed by atoms with van der Waals surface area (Å²) in [5.74, 6) is -1.36. The molecule has 0 saturated heterocycles. The lowest BCUT2D eigenvalue weighted by Crippen LogP contribution is -2.12. The number of benzene rings is 2. The summed E-state index contributed by atoms with van der Waals surface area (Å²) >= 11 is 0. The van der Waals surface area contributed by atoms with E-state index in [4.69, 9.17) is 0 Å². The fraction of sp³-hybridized carbons (Fsp3) is 0.118. The standard InChI is InChI=1S/C17H13F3N4O/c1-10(25)21-11-6-8-12(9-7-11)22-15-13-4-2-3-5-14(13)23-16(24-15)17(18,19)20/h2-9H,1H3,(H,21,25)(H,22,23,24). The number of anilines is 3. The topological polar surface area (TPSA) is 66.9 Å². The van der Waals surface area contributed by atoms with Gasteiger partial charge in [0.2, 0.25) is 11.7 Å². The van der Waals surface area contributed by atoms with E-state index < -0.39 is 12.0 Å². The normalized spacial score (nSPS) is 11.4. The second kappa shape index (κ2) is 6.39. The first kappa shape index (κ1) is 16.7. The summed E-state index contributed by atoms with van der Waals surface area (Å²) < 4.78 is 39.0. The number of halogens is 3. The first-order chi connectivity index (χ1) is 11.8. The molecule has 0 fully saturated rings. The minimum absolute atomic E-state index is 0.0604. The number of para-hydroxylation sites is 1. The lowest BCUT2D eigenvalue weighted by atomic mass is 10.2. The largest absolute Gasteiger partial charge is 0.451 e. The van der Waals surface area contributed by atoms with Gasteiger partial charge in [0, 0.05) is 23.7 Å². The fourth-order valence-corrected chi connectivity index (χ4v) is 2.28. The van der Waals surface area contributed by atoms with Crippen LogP contribution in [0, 0.1) is 0 Å². The van der Waals surface area contributed by atoms with E-state index in [1.165, 1.54) is 13.0 Å². The predicted molar refractivity (Wildman–Crippen MR) is 88.6 cm³/mol. The Morgan fingerprint density at radius 1 is 0.960 bits per heavy atom. The number of carbonyl (C=O) groups is 1. The van der Waals surface area contributed by atoms with Crippen molar-refractivity contribution in [3.05, 3.63) is 54.4 Å². The summed E-state index contributed by atoms with van der Waals surface area (Å²) in [6.07, 6.45) is -4.64. The molecule has 3 aromatic rings. The highest BCUT2D eigenvalue weighted by Crippen LogP contribution is 2.31. The average Bonchev–Trinajstić information content (AvgIpc) is 2.55. The lowest BCUT2D eigenvalue weighted by molar-refractivity contribution is -0.144. The van der Waals surface area contributed by atoms with Gasteiger partial charge in [-0.25, -0.2) is 9.97 Å². The molecular weight excluding hydrogens is 333 g/mol. The van der Waals surface area contributed by atoms with Crippen LogP contribution < -0.4 is 10.6 Å². The van der Waals surface area contributed by atoms with Crippen LogP contribution in [0.2, 0.25) is 0 Å². The van der Waals surface area contributed by atoms with Crippen molar-refractivity contribution in [1.29, 1.82) is 0 Å². The quantitative estimate of drug-likeness (QED) is 0.740. The van der Waals surface area contributed by atoms with E-state index in [0.29, 0.717) is 16.8 Å². The van der Waals surface area contributed by atoms with E-state index in [1.54, 1.807) is 42.5 Å². The Hall–Kier alpha value is -3.16. The Labute approximate surface area is 140 Å². The zero-order valence-electron chi connectivity index (χ0n) is 13.1. The molecule has 2 aromatic carbocycles. The molecule has 1 amide bonds. The Balaban J connectivity index is 1.98. The fourth-order valence-electron chi connectivity index (χ4n) is 2.28. The van der Waals surface area contributed by atoms with Gasteiger partial charge < -0.3 is 10.6 Å². The summed E-state index contributed by atoms with van der Waals surface area (Å²) in [6.45, 7) is 1.39. The third-order valence-electron chi connectivity index (χ3n) is 3.32. The molecule has 3 rings (SSSR count). The highest BCUT2D eigenvalue weighted by molar-refractivity contribution is 5.91. The van der Waals surface area contributed by atoms with Gasteiger partial charge in [-0.15, -0.1) is 0 Å². The van der Waals surface area contributed by atoms with E-state index in [0.717, 1.165) is 0 Å². The number of aromatic nitrogens is 2. The maximum absolute atomic E-state index is 13.0. The Morgan fingerprint density at radius 3 is 2.24 bits per heavy atom. The Bertz CT molecular complexity index is 923. The number of rotatable bonds is 3. The zero-order chi connectivity index (χ0) is 18.0. The number of fused-ring (bicyclic) bond motifs is 1.